The topological polar surface area (TPSA) is 321 Å². The van der Waals surface area contributed by atoms with Gasteiger partial charge in [-0.2, -0.15) is 20.5 Å². The SMILES string of the molecule is Cc1cc(N=Nc2cc(S(=O)[O-])c3cc(S(=O)[O-])c(N=Nc4[c-]cc([N+](=O)[O-])cc4)c(O)c3c2N)ccc1N=Nc1cccc(OC=O)c1.O=S(=O)=O.[Na+].[Na+].[Na+]. The van der Waals surface area contributed by atoms with Gasteiger partial charge in [-0.15, -0.1) is 35.0 Å². The van der Waals surface area contributed by atoms with Crippen LogP contribution in [-0.4, -0.2) is 46.7 Å². The molecule has 0 heterocycles. The van der Waals surface area contributed by atoms with Crippen LogP contribution in [0.25, 0.3) is 10.8 Å². The summed E-state index contributed by atoms with van der Waals surface area (Å²) in [4.78, 5) is 19.8. The molecule has 5 aromatic carbocycles. The normalized spacial score (nSPS) is 11.8. The van der Waals surface area contributed by atoms with Gasteiger partial charge in [-0.05, 0) is 82.8 Å². The van der Waals surface area contributed by atoms with Crippen molar-refractivity contribution in [2.45, 2.75) is 16.7 Å². The van der Waals surface area contributed by atoms with Gasteiger partial charge < -0.3 is 24.7 Å². The van der Waals surface area contributed by atoms with Crippen molar-refractivity contribution in [1.82, 2.24) is 0 Å². The van der Waals surface area contributed by atoms with E-state index >= 15 is 0 Å². The molecule has 0 fully saturated rings. The molecule has 56 heavy (non-hydrogen) atoms. The summed E-state index contributed by atoms with van der Waals surface area (Å²) in [6, 6.07) is 19.1. The van der Waals surface area contributed by atoms with Gasteiger partial charge in [0.1, 0.15) is 17.1 Å². The zero-order valence-corrected chi connectivity index (χ0v) is 37.8. The van der Waals surface area contributed by atoms with Gasteiger partial charge in [0.25, 0.3) is 6.47 Å². The van der Waals surface area contributed by atoms with Gasteiger partial charge >= 0.3 is 99.3 Å². The Kier molecular flexibility index (Phi) is 21.3. The third-order valence-corrected chi connectivity index (χ3v) is 8.02. The molecule has 272 valence electrons. The number of non-ortho nitro benzene ring substituents is 1. The van der Waals surface area contributed by atoms with Gasteiger partial charge in [0.05, 0.1) is 33.0 Å². The van der Waals surface area contributed by atoms with E-state index in [-0.39, 0.29) is 122 Å². The largest absolute Gasteiger partial charge is 1.00 e. The molecule has 0 aromatic heterocycles. The van der Waals surface area contributed by atoms with Gasteiger partial charge in [-0.25, -0.2) is 0 Å². The number of phenols is 1. The standard InChI is InChI=1S/C30H21N8O9S2.3Na.O3S/c1-16-11-19(7-10-23(16)35-33-18-3-2-4-21(12-18)47-15-39)34-36-24-14-25(48(43)44)22-13-26(49(45)46)29(30(40)27(22)28(24)31)37-32-17-5-8-20(9-6-17)38(41)42;;;;1-4(2)3/h2-5,7-15,40H,31H2,1H3,(H,43,44)(H,45,46);;;;/q-1;3*+1;/p-2. The number of nitrogens with zero attached hydrogens (tertiary/aromatic N) is 7. The van der Waals surface area contributed by atoms with Crippen LogP contribution >= 0.6 is 0 Å². The Labute approximate surface area is 388 Å². The molecule has 5 rings (SSSR count). The molecule has 2 atom stereocenters. The number of ether oxygens (including phenoxy) is 1. The molecule has 2 unspecified atom stereocenters. The molecular formula is C30H19N8Na3O12S3. The van der Waals surface area contributed by atoms with E-state index in [1.807, 2.05) is 0 Å². The maximum Gasteiger partial charge on any atom is 1.00 e. The van der Waals surface area contributed by atoms with E-state index in [1.165, 1.54) is 12.1 Å². The molecule has 0 saturated heterocycles. The van der Waals surface area contributed by atoms with Crippen LogP contribution in [0.2, 0.25) is 0 Å². The number of aryl methyl sites for hydroxylation is 1. The first-order chi connectivity index (χ1) is 25.2. The molecule has 0 aliphatic carbocycles. The first-order valence-electron chi connectivity index (χ1n) is 14.0. The number of carbonyl (C=O) groups excluding carboxylic acids is 1. The van der Waals surface area contributed by atoms with Crippen molar-refractivity contribution >= 4 is 95.5 Å². The summed E-state index contributed by atoms with van der Waals surface area (Å²) < 4.78 is 78.8. The minimum absolute atomic E-state index is 0. The monoisotopic (exact) mass is 848 g/mol. The average Bonchev–Trinajstić information content (AvgIpc) is 3.10. The number of phenolic OH excluding ortho intramolecular Hbond substituents is 1. The number of carbonyl (C=O) groups is 1. The predicted octanol–water partition coefficient (Wildman–Crippen LogP) is -2.59. The fraction of sp³-hybridized carbons (Fsp3) is 0.0333. The molecule has 26 heteroatoms. The van der Waals surface area contributed by atoms with Crippen LogP contribution in [0, 0.1) is 23.1 Å². The molecule has 0 radical (unpaired) electrons. The van der Waals surface area contributed by atoms with E-state index in [0.717, 1.165) is 24.3 Å². The van der Waals surface area contributed by atoms with E-state index in [0.29, 0.717) is 34.8 Å². The molecule has 5 aromatic rings. The van der Waals surface area contributed by atoms with Gasteiger partial charge in [-0.1, -0.05) is 18.2 Å². The molecule has 0 aliphatic heterocycles. The summed E-state index contributed by atoms with van der Waals surface area (Å²) in [5.74, 6) is -0.524. The van der Waals surface area contributed by atoms with Gasteiger partial charge in [0.2, 0.25) is 0 Å². The van der Waals surface area contributed by atoms with Crippen LogP contribution in [0.15, 0.2) is 113 Å². The summed E-state index contributed by atoms with van der Waals surface area (Å²) in [5.41, 5.74) is 6.87. The Hall–Kier alpha value is -3.53. The van der Waals surface area contributed by atoms with E-state index in [2.05, 4.69) is 36.8 Å². The van der Waals surface area contributed by atoms with E-state index in [9.17, 15) is 37.5 Å². The Bertz CT molecular complexity index is 2510. The summed E-state index contributed by atoms with van der Waals surface area (Å²) in [6.07, 6.45) is 0. The molecule has 0 aliphatic rings. The Morgan fingerprint density at radius 3 is 1.98 bits per heavy atom. The minimum atomic E-state index is -3.11. The number of nitro groups is 1. The Morgan fingerprint density at radius 2 is 1.43 bits per heavy atom. The maximum absolute atomic E-state index is 12.2. The quantitative estimate of drug-likeness (QED) is 0.0202. The van der Waals surface area contributed by atoms with Crippen LogP contribution < -0.4 is 99.1 Å². The smallest absolute Gasteiger partial charge is 0.768 e. The van der Waals surface area contributed by atoms with Crippen molar-refractivity contribution < 1.29 is 138 Å². The molecule has 20 nitrogen and oxygen atoms in total. The number of anilines is 1. The van der Waals surface area contributed by atoms with E-state index in [1.54, 1.807) is 43.3 Å². The summed E-state index contributed by atoms with van der Waals surface area (Å²) in [5, 5.41) is 45.7. The molecule has 0 saturated carbocycles. The van der Waals surface area contributed by atoms with E-state index < -0.39 is 58.9 Å². The Balaban J connectivity index is 0.00000214. The van der Waals surface area contributed by atoms with Gasteiger partial charge in [-0.3, -0.25) is 23.3 Å². The maximum atomic E-state index is 12.2. The van der Waals surface area contributed by atoms with Crippen LogP contribution in [0.1, 0.15) is 5.56 Å². The fourth-order valence-corrected chi connectivity index (χ4v) is 5.41. The van der Waals surface area contributed by atoms with Crippen molar-refractivity contribution in [3.8, 4) is 11.5 Å². The second kappa shape index (κ2) is 23.6. The number of rotatable bonds is 11. The number of nitrogens with two attached hydrogens (primary N) is 1. The number of hydrogen-bond donors (Lipinski definition) is 2. The second-order valence-corrected chi connectivity index (χ2v) is 12.2. The van der Waals surface area contributed by atoms with Crippen LogP contribution in [0.3, 0.4) is 0 Å². The van der Waals surface area contributed by atoms with Crippen molar-refractivity contribution in [1.29, 1.82) is 0 Å². The summed E-state index contributed by atoms with van der Waals surface area (Å²) in [6.45, 7) is 2.04. The van der Waals surface area contributed by atoms with Gasteiger partial charge in [0.15, 0.2) is 11.4 Å². The zero-order chi connectivity index (χ0) is 38.8. The number of benzene rings is 5. The number of nitrogen functional groups attached to an aromatic ring is 1. The fourth-order valence-electron chi connectivity index (χ4n) is 4.35. The molecule has 0 bridgehead atoms. The third-order valence-electron chi connectivity index (χ3n) is 6.65. The molecule has 0 spiro atoms. The van der Waals surface area contributed by atoms with Crippen molar-refractivity contribution in [3.63, 3.8) is 0 Å². The summed E-state index contributed by atoms with van der Waals surface area (Å²) >= 11 is -5.99. The number of aromatic hydroxyl groups is 1. The summed E-state index contributed by atoms with van der Waals surface area (Å²) in [7, 11) is -3.11. The number of nitro benzene ring substituents is 1. The Morgan fingerprint density at radius 1 is 0.804 bits per heavy atom. The molecule has 3 N–H and O–H groups in total. The minimum Gasteiger partial charge on any atom is -0.768 e. The third kappa shape index (κ3) is 13.6. The van der Waals surface area contributed by atoms with Crippen molar-refractivity contribution in [3.05, 3.63) is 94.5 Å². The van der Waals surface area contributed by atoms with Crippen LogP contribution in [0.5, 0.6) is 11.5 Å². The van der Waals surface area contributed by atoms with Crippen LogP contribution in [-0.2, 0) is 37.6 Å². The van der Waals surface area contributed by atoms with Crippen molar-refractivity contribution in [2.24, 2.45) is 30.7 Å². The zero-order valence-electron chi connectivity index (χ0n) is 29.4. The molecular weight excluding hydrogens is 830 g/mol. The van der Waals surface area contributed by atoms with E-state index in [4.69, 9.17) is 23.1 Å². The second-order valence-electron chi connectivity index (χ2n) is 9.95. The van der Waals surface area contributed by atoms with Crippen molar-refractivity contribution in [2.75, 3.05) is 5.73 Å². The number of hydrogen-bond acceptors (Lipinski definition) is 19. The first kappa shape index (κ1) is 50.5. The number of azo groups is 3. The predicted molar refractivity (Wildman–Crippen MR) is 183 cm³/mol. The van der Waals surface area contributed by atoms with Gasteiger partial charge in [0, 0.05) is 21.3 Å². The molecule has 0 amide bonds. The first-order valence-corrected chi connectivity index (χ1v) is 17.1. The number of fused-ring (bicyclic) bond motifs is 1. The van der Waals surface area contributed by atoms with Crippen LogP contribution in [0.4, 0.5) is 45.5 Å². The average molecular weight is 849 g/mol.